The zero-order chi connectivity index (χ0) is 7.56. The Morgan fingerprint density at radius 3 is 2.73 bits per heavy atom. The molecule has 1 rings (SSSR count). The molecule has 11 heavy (non-hydrogen) atoms. The van der Waals surface area contributed by atoms with E-state index in [-0.39, 0.29) is 64.2 Å². The first-order valence-electron chi connectivity index (χ1n) is 2.62. The Morgan fingerprint density at radius 2 is 2.36 bits per heavy atom. The van der Waals surface area contributed by atoms with Gasteiger partial charge in [0.2, 0.25) is 0 Å². The van der Waals surface area contributed by atoms with Crippen molar-refractivity contribution in [3.63, 3.8) is 0 Å². The van der Waals surface area contributed by atoms with Crippen LogP contribution in [-0.2, 0) is 4.74 Å². The summed E-state index contributed by atoms with van der Waals surface area (Å²) in [5, 5.41) is 1.59. The minimum Gasteiger partial charge on any atom is -0.698 e. The average Bonchev–Trinajstić information content (AvgIpc) is 2.34. The van der Waals surface area contributed by atoms with E-state index in [0.717, 1.165) is 0 Å². The number of carbonyl (C=O) groups excluding carboxylic acids is 1. The van der Waals surface area contributed by atoms with Gasteiger partial charge in [0.1, 0.15) is 4.88 Å². The average molecular weight is 242 g/mol. The van der Waals surface area contributed by atoms with Crippen molar-refractivity contribution in [2.45, 2.75) is 0 Å². The van der Waals surface area contributed by atoms with E-state index in [4.69, 9.17) is 5.73 Å². The van der Waals surface area contributed by atoms with Crippen molar-refractivity contribution in [3.8, 4) is 0 Å². The van der Waals surface area contributed by atoms with Crippen molar-refractivity contribution >= 4 is 23.0 Å². The maximum atomic E-state index is 10.7. The van der Waals surface area contributed by atoms with Gasteiger partial charge in [-0.1, -0.05) is 6.07 Å². The Bertz CT molecular complexity index is 248. The van der Waals surface area contributed by atoms with Gasteiger partial charge in [0.05, 0.1) is 7.11 Å². The fourth-order valence-corrected chi connectivity index (χ4v) is 1.24. The zero-order valence-corrected chi connectivity index (χ0v) is 12.1. The number of carbonyl (C=O) groups is 1. The van der Waals surface area contributed by atoms with Gasteiger partial charge < -0.3 is 10.5 Å². The van der Waals surface area contributed by atoms with E-state index >= 15 is 0 Å². The van der Waals surface area contributed by atoms with Gasteiger partial charge in [-0.2, -0.15) is 0 Å². The van der Waals surface area contributed by atoms with E-state index in [1.54, 1.807) is 5.38 Å². The third kappa shape index (κ3) is 3.33. The Hall–Kier alpha value is 0.775. The minimum absolute atomic E-state index is 0. The van der Waals surface area contributed by atoms with Gasteiger partial charge in [0.25, 0.3) is 0 Å². The van der Waals surface area contributed by atoms with Crippen molar-refractivity contribution in [3.05, 3.63) is 22.1 Å². The van der Waals surface area contributed by atoms with Crippen molar-refractivity contribution in [1.82, 2.24) is 0 Å². The molecule has 1 heterocycles. The van der Waals surface area contributed by atoms with Crippen LogP contribution in [0.25, 0.3) is 5.73 Å². The van der Waals surface area contributed by atoms with Crippen molar-refractivity contribution in [2.24, 2.45) is 0 Å². The molecule has 0 radical (unpaired) electrons. The first-order chi connectivity index (χ1) is 4.74. The number of thiophene rings is 1. The van der Waals surface area contributed by atoms with Crippen LogP contribution >= 0.6 is 11.3 Å². The van der Waals surface area contributed by atoms with Crippen molar-refractivity contribution in [2.75, 3.05) is 7.11 Å². The zero-order valence-electron chi connectivity index (χ0n) is 6.38. The monoisotopic (exact) mass is 241 g/mol. The fourth-order valence-electron chi connectivity index (χ4n) is 0.544. The molecule has 5 heteroatoms. The molecule has 0 atom stereocenters. The fraction of sp³-hybridized carbons (Fsp3) is 0.167. The molecular formula is C6H6NO2RbS. The van der Waals surface area contributed by atoms with E-state index < -0.39 is 0 Å². The molecule has 0 saturated carbocycles. The maximum Gasteiger partial charge on any atom is 1.00 e. The summed E-state index contributed by atoms with van der Waals surface area (Å²) in [5.74, 6) is -0.372. The summed E-state index contributed by atoms with van der Waals surface area (Å²) >= 11 is 1.22. The summed E-state index contributed by atoms with van der Waals surface area (Å²) in [6.07, 6.45) is 0. The number of ether oxygens (including phenoxy) is 1. The van der Waals surface area contributed by atoms with Gasteiger partial charge >= 0.3 is 64.2 Å². The topological polar surface area (TPSA) is 50.1 Å². The van der Waals surface area contributed by atoms with Crippen LogP contribution in [-0.4, -0.2) is 13.1 Å². The molecule has 0 saturated heterocycles. The molecule has 1 aromatic heterocycles. The van der Waals surface area contributed by atoms with E-state index in [0.29, 0.717) is 10.6 Å². The molecule has 0 amide bonds. The Kier molecular flexibility index (Phi) is 5.81. The SMILES string of the molecule is COC(=O)c1cc([NH-])cs1.[Rb+]. The standard InChI is InChI=1S/C6H6NO2S.Rb/c1-9-6(8)5-2-4(7)3-10-5;/h2-3,7H,1H3;/q-1;+1. The predicted octanol–water partition coefficient (Wildman–Crippen LogP) is -0.778. The summed E-state index contributed by atoms with van der Waals surface area (Å²) < 4.78 is 4.44. The second-order valence-corrected chi connectivity index (χ2v) is 2.60. The third-order valence-electron chi connectivity index (χ3n) is 0.986. The Morgan fingerprint density at radius 1 is 1.73 bits per heavy atom. The minimum atomic E-state index is -0.372. The molecule has 0 bridgehead atoms. The van der Waals surface area contributed by atoms with E-state index in [1.165, 1.54) is 24.5 Å². The molecule has 0 fully saturated rings. The summed E-state index contributed by atoms with van der Waals surface area (Å²) in [6, 6.07) is 1.48. The molecule has 0 aromatic carbocycles. The van der Waals surface area contributed by atoms with Gasteiger partial charge in [-0.15, -0.1) is 17.0 Å². The molecule has 1 N–H and O–H groups in total. The van der Waals surface area contributed by atoms with Crippen LogP contribution in [0.4, 0.5) is 5.69 Å². The predicted molar refractivity (Wildman–Crippen MR) is 39.6 cm³/mol. The summed E-state index contributed by atoms with van der Waals surface area (Å²) in [5.41, 5.74) is 7.44. The molecule has 0 aliphatic carbocycles. The molecular weight excluding hydrogens is 236 g/mol. The van der Waals surface area contributed by atoms with Gasteiger partial charge in [0, 0.05) is 0 Å². The largest absolute Gasteiger partial charge is 1.00 e. The Balaban J connectivity index is 0.000001000. The molecule has 0 aliphatic rings. The van der Waals surface area contributed by atoms with Gasteiger partial charge in [-0.3, -0.25) is 0 Å². The number of esters is 1. The van der Waals surface area contributed by atoms with Crippen LogP contribution in [0.15, 0.2) is 11.4 Å². The van der Waals surface area contributed by atoms with Crippen LogP contribution in [0.3, 0.4) is 0 Å². The van der Waals surface area contributed by atoms with Crippen molar-refractivity contribution in [1.29, 1.82) is 0 Å². The number of rotatable bonds is 1. The van der Waals surface area contributed by atoms with Crippen LogP contribution < -0.4 is 58.2 Å². The molecule has 0 aliphatic heterocycles. The van der Waals surface area contributed by atoms with E-state index in [2.05, 4.69) is 4.74 Å². The second-order valence-electron chi connectivity index (χ2n) is 1.69. The summed E-state index contributed by atoms with van der Waals surface area (Å²) in [7, 11) is 1.33. The molecule has 0 unspecified atom stereocenters. The van der Waals surface area contributed by atoms with Gasteiger partial charge in [-0.05, 0) is 5.38 Å². The number of nitrogens with one attached hydrogen (secondary N) is 1. The summed E-state index contributed by atoms with van der Waals surface area (Å²) in [6.45, 7) is 0. The number of methoxy groups -OCH3 is 1. The first-order valence-corrected chi connectivity index (χ1v) is 3.50. The van der Waals surface area contributed by atoms with Crippen LogP contribution in [0.2, 0.25) is 0 Å². The van der Waals surface area contributed by atoms with Crippen molar-refractivity contribution < 1.29 is 67.7 Å². The third-order valence-corrected chi connectivity index (χ3v) is 1.90. The van der Waals surface area contributed by atoms with Crippen LogP contribution in [0.5, 0.6) is 0 Å². The van der Waals surface area contributed by atoms with Gasteiger partial charge in [-0.25, -0.2) is 4.79 Å². The van der Waals surface area contributed by atoms with E-state index in [1.807, 2.05) is 0 Å². The number of hydrogen-bond acceptors (Lipinski definition) is 3. The van der Waals surface area contributed by atoms with E-state index in [9.17, 15) is 4.79 Å². The Labute approximate surface area is 118 Å². The second kappa shape index (κ2) is 5.43. The van der Waals surface area contributed by atoms with Crippen LogP contribution in [0, 0.1) is 0 Å². The normalized spacial score (nSPS) is 8.45. The molecule has 3 nitrogen and oxygen atoms in total. The maximum absolute atomic E-state index is 10.7. The quantitative estimate of drug-likeness (QED) is 0.606. The van der Waals surface area contributed by atoms with Crippen LogP contribution in [0.1, 0.15) is 9.67 Å². The first kappa shape index (κ1) is 11.8. The number of hydrogen-bond donors (Lipinski definition) is 0. The smallest absolute Gasteiger partial charge is 0.698 e. The molecule has 1 aromatic rings. The molecule has 0 spiro atoms. The molecule has 54 valence electrons. The van der Waals surface area contributed by atoms with Gasteiger partial charge in [0.15, 0.2) is 0 Å². The summed E-state index contributed by atoms with van der Waals surface area (Å²) in [4.78, 5) is 11.2.